The molecule has 92 valence electrons. The van der Waals surface area contributed by atoms with Crippen LogP contribution in [0.4, 0.5) is 11.4 Å². The topological polar surface area (TPSA) is 64.6 Å². The molecular weight excluding hydrogens is 224 g/mol. The van der Waals surface area contributed by atoms with Crippen molar-refractivity contribution in [2.75, 3.05) is 18.1 Å². The summed E-state index contributed by atoms with van der Waals surface area (Å²) in [6.45, 7) is 0.819. The summed E-state index contributed by atoms with van der Waals surface area (Å²) >= 11 is 0. The highest BCUT2D eigenvalue weighted by atomic mass is 16.6. The van der Waals surface area contributed by atoms with E-state index >= 15 is 0 Å². The van der Waals surface area contributed by atoms with Crippen LogP contribution in [0.3, 0.4) is 0 Å². The molecule has 1 heterocycles. The molecule has 3 nitrogen and oxygen atoms in total. The van der Waals surface area contributed by atoms with Crippen LogP contribution in [0, 0.1) is 0 Å². The molecule has 0 bridgehead atoms. The van der Waals surface area contributed by atoms with E-state index in [0.717, 1.165) is 18.0 Å². The minimum atomic E-state index is 0.270. The van der Waals surface area contributed by atoms with Crippen LogP contribution in [-0.4, -0.2) is 12.7 Å². The number of ether oxygens (including phenoxy) is 1. The summed E-state index contributed by atoms with van der Waals surface area (Å²) in [4.78, 5) is 0. The number of nitrogens with two attached hydrogens (primary N) is 2. The van der Waals surface area contributed by atoms with Crippen molar-refractivity contribution in [2.45, 2.75) is 12.0 Å². The summed E-state index contributed by atoms with van der Waals surface area (Å²) in [7, 11) is 0. The van der Waals surface area contributed by atoms with Crippen LogP contribution in [0.1, 0.15) is 17.0 Å². The van der Waals surface area contributed by atoms with Crippen LogP contribution in [-0.2, 0) is 4.74 Å². The van der Waals surface area contributed by atoms with E-state index in [1.54, 1.807) is 0 Å². The van der Waals surface area contributed by atoms with E-state index in [4.69, 9.17) is 16.2 Å². The van der Waals surface area contributed by atoms with Crippen LogP contribution in [0.5, 0.6) is 0 Å². The van der Waals surface area contributed by atoms with Crippen molar-refractivity contribution in [2.24, 2.45) is 0 Å². The van der Waals surface area contributed by atoms with Gasteiger partial charge < -0.3 is 16.2 Å². The minimum Gasteiger partial charge on any atom is -0.399 e. The molecule has 0 radical (unpaired) electrons. The molecule has 1 atom stereocenters. The maximum Gasteiger partial charge on any atom is 0.0918 e. The number of benzene rings is 2. The Morgan fingerprint density at radius 3 is 1.56 bits per heavy atom. The third-order valence-corrected chi connectivity index (χ3v) is 3.32. The fourth-order valence-corrected chi connectivity index (χ4v) is 2.28. The summed E-state index contributed by atoms with van der Waals surface area (Å²) in [5, 5.41) is 0. The van der Waals surface area contributed by atoms with Crippen LogP contribution in [0.2, 0.25) is 0 Å². The van der Waals surface area contributed by atoms with Gasteiger partial charge in [-0.15, -0.1) is 0 Å². The molecule has 18 heavy (non-hydrogen) atoms. The summed E-state index contributed by atoms with van der Waals surface area (Å²) in [5.74, 6) is 0.270. The van der Waals surface area contributed by atoms with Crippen LogP contribution in [0.15, 0.2) is 48.5 Å². The largest absolute Gasteiger partial charge is 0.399 e. The Morgan fingerprint density at radius 2 is 1.22 bits per heavy atom. The molecule has 1 saturated heterocycles. The number of anilines is 2. The lowest BCUT2D eigenvalue weighted by Gasteiger charge is -2.16. The molecule has 0 amide bonds. The molecule has 0 aromatic heterocycles. The van der Waals surface area contributed by atoms with E-state index in [9.17, 15) is 0 Å². The first-order valence-corrected chi connectivity index (χ1v) is 6.06. The van der Waals surface area contributed by atoms with Crippen molar-refractivity contribution in [1.82, 2.24) is 0 Å². The highest BCUT2D eigenvalue weighted by molar-refractivity contribution is 5.46. The number of nitrogen functional groups attached to an aromatic ring is 2. The second-order valence-electron chi connectivity index (χ2n) is 4.68. The average molecular weight is 240 g/mol. The summed E-state index contributed by atoms with van der Waals surface area (Å²) in [6, 6.07) is 16.0. The van der Waals surface area contributed by atoms with Gasteiger partial charge in [0.1, 0.15) is 0 Å². The molecule has 1 unspecified atom stereocenters. The summed E-state index contributed by atoms with van der Waals surface area (Å²) in [6.07, 6.45) is 0.275. The van der Waals surface area contributed by atoms with Crippen molar-refractivity contribution in [3.05, 3.63) is 59.7 Å². The van der Waals surface area contributed by atoms with Gasteiger partial charge >= 0.3 is 0 Å². The fraction of sp³-hybridized carbons (Fsp3) is 0.200. The molecule has 0 spiro atoms. The van der Waals surface area contributed by atoms with Gasteiger partial charge in [0.25, 0.3) is 0 Å². The van der Waals surface area contributed by atoms with Gasteiger partial charge in [0.15, 0.2) is 0 Å². The molecule has 3 rings (SSSR count). The SMILES string of the molecule is Nc1ccc(C(c2ccc(N)cc2)C2CO2)cc1. The zero-order chi connectivity index (χ0) is 12.5. The molecule has 1 aliphatic heterocycles. The predicted octanol–water partition coefficient (Wildman–Crippen LogP) is 2.38. The summed E-state index contributed by atoms with van der Waals surface area (Å²) in [5.41, 5.74) is 15.5. The van der Waals surface area contributed by atoms with Crippen LogP contribution in [0.25, 0.3) is 0 Å². The van der Waals surface area contributed by atoms with E-state index in [1.807, 2.05) is 24.3 Å². The number of rotatable bonds is 3. The van der Waals surface area contributed by atoms with E-state index in [1.165, 1.54) is 11.1 Å². The molecule has 2 aromatic rings. The number of hydrogen-bond donors (Lipinski definition) is 2. The first-order valence-electron chi connectivity index (χ1n) is 6.06. The second kappa shape index (κ2) is 4.35. The Hall–Kier alpha value is -2.00. The Kier molecular flexibility index (Phi) is 2.68. The second-order valence-corrected chi connectivity index (χ2v) is 4.68. The Bertz CT molecular complexity index is 484. The van der Waals surface area contributed by atoms with Crippen molar-refractivity contribution in [1.29, 1.82) is 0 Å². The normalized spacial score (nSPS) is 17.9. The monoisotopic (exact) mass is 240 g/mol. The zero-order valence-electron chi connectivity index (χ0n) is 10.0. The number of epoxide rings is 1. The van der Waals surface area contributed by atoms with Crippen LogP contribution >= 0.6 is 0 Å². The van der Waals surface area contributed by atoms with Crippen LogP contribution < -0.4 is 11.5 Å². The third-order valence-electron chi connectivity index (χ3n) is 3.32. The highest BCUT2D eigenvalue weighted by Gasteiger charge is 2.34. The van der Waals surface area contributed by atoms with Gasteiger partial charge in [-0.05, 0) is 35.4 Å². The Morgan fingerprint density at radius 1 is 0.833 bits per heavy atom. The summed E-state index contributed by atoms with van der Waals surface area (Å²) < 4.78 is 5.48. The van der Waals surface area contributed by atoms with E-state index in [2.05, 4.69) is 24.3 Å². The van der Waals surface area contributed by atoms with Gasteiger partial charge in [-0.25, -0.2) is 0 Å². The van der Waals surface area contributed by atoms with Gasteiger partial charge in [-0.1, -0.05) is 24.3 Å². The number of hydrogen-bond acceptors (Lipinski definition) is 3. The van der Waals surface area contributed by atoms with E-state index in [-0.39, 0.29) is 12.0 Å². The standard InChI is InChI=1S/C15H16N2O/c16-12-5-1-10(2-6-12)15(14-9-18-14)11-3-7-13(17)8-4-11/h1-8,14-15H,9,16-17H2. The fourth-order valence-electron chi connectivity index (χ4n) is 2.28. The van der Waals surface area contributed by atoms with Crippen molar-refractivity contribution in [3.63, 3.8) is 0 Å². The average Bonchev–Trinajstić information content (AvgIpc) is 3.19. The third kappa shape index (κ3) is 2.17. The quantitative estimate of drug-likeness (QED) is 0.639. The lowest BCUT2D eigenvalue weighted by molar-refractivity contribution is 0.390. The predicted molar refractivity (Wildman–Crippen MR) is 73.3 cm³/mol. The molecule has 0 saturated carbocycles. The lowest BCUT2D eigenvalue weighted by atomic mass is 9.88. The Labute approximate surface area is 106 Å². The maximum absolute atomic E-state index is 5.73. The minimum absolute atomic E-state index is 0.270. The molecular formula is C15H16N2O. The van der Waals surface area contributed by atoms with Gasteiger partial charge in [0.05, 0.1) is 12.7 Å². The first-order chi connectivity index (χ1) is 8.74. The van der Waals surface area contributed by atoms with Crippen molar-refractivity contribution < 1.29 is 4.74 Å². The smallest absolute Gasteiger partial charge is 0.0918 e. The molecule has 0 aliphatic carbocycles. The van der Waals surface area contributed by atoms with Gasteiger partial charge in [-0.3, -0.25) is 0 Å². The van der Waals surface area contributed by atoms with E-state index < -0.39 is 0 Å². The highest BCUT2D eigenvalue weighted by Crippen LogP contribution is 2.36. The Balaban J connectivity index is 1.97. The first kappa shape index (κ1) is 11.1. The van der Waals surface area contributed by atoms with Gasteiger partial charge in [0, 0.05) is 17.3 Å². The molecule has 1 fully saturated rings. The molecule has 2 aromatic carbocycles. The molecule has 1 aliphatic rings. The molecule has 4 N–H and O–H groups in total. The van der Waals surface area contributed by atoms with Crippen molar-refractivity contribution >= 4 is 11.4 Å². The van der Waals surface area contributed by atoms with Crippen molar-refractivity contribution in [3.8, 4) is 0 Å². The zero-order valence-corrected chi connectivity index (χ0v) is 10.0. The molecule has 3 heteroatoms. The van der Waals surface area contributed by atoms with Gasteiger partial charge in [-0.2, -0.15) is 0 Å². The van der Waals surface area contributed by atoms with Gasteiger partial charge in [0.2, 0.25) is 0 Å². The maximum atomic E-state index is 5.73. The lowest BCUT2D eigenvalue weighted by Crippen LogP contribution is -2.08. The van der Waals surface area contributed by atoms with E-state index in [0.29, 0.717) is 0 Å².